The van der Waals surface area contributed by atoms with Crippen molar-refractivity contribution in [2.45, 2.75) is 12.5 Å². The Morgan fingerprint density at radius 1 is 2.00 bits per heavy atom. The molecule has 1 aliphatic rings. The summed E-state index contributed by atoms with van der Waals surface area (Å²) in [6.45, 7) is 0. The highest BCUT2D eigenvalue weighted by Gasteiger charge is 2.13. The lowest BCUT2D eigenvalue weighted by Crippen LogP contribution is -2.28. The van der Waals surface area contributed by atoms with E-state index in [0.717, 1.165) is 6.42 Å². The van der Waals surface area contributed by atoms with E-state index in [4.69, 9.17) is 10.8 Å². The Bertz CT molecular complexity index is 87.5. The fraction of sp³-hybridized carbons (Fsp3) is 0.500. The topological polar surface area (TPSA) is 46.2 Å². The Hall–Kier alpha value is -0.500. The fourth-order valence-electron chi connectivity index (χ4n) is 0.359. The monoisotopic (exact) mass is 85.1 g/mol. The molecule has 0 aromatic rings. The Morgan fingerprint density at radius 2 is 2.50 bits per heavy atom. The predicted molar refractivity (Wildman–Crippen MR) is 23.3 cm³/mol. The molecule has 2 nitrogen and oxygen atoms in total. The Labute approximate surface area is 36.3 Å². The molecule has 1 rings (SSSR count). The molecule has 0 unspecified atom stereocenters. The second-order valence-corrected chi connectivity index (χ2v) is 1.47. The highest BCUT2D eigenvalue weighted by Crippen LogP contribution is 2.11. The molecular weight excluding hydrogens is 78.0 g/mol. The summed E-state index contributed by atoms with van der Waals surface area (Å²) in [4.78, 5) is 0. The van der Waals surface area contributed by atoms with Gasteiger partial charge in [0, 0.05) is 0 Å². The van der Waals surface area contributed by atoms with Gasteiger partial charge in [0.05, 0.1) is 6.04 Å². The fourth-order valence-corrected chi connectivity index (χ4v) is 0.359. The van der Waals surface area contributed by atoms with Crippen LogP contribution in [0.25, 0.3) is 0 Å². The average molecular weight is 85.1 g/mol. The molecule has 0 radical (unpaired) electrons. The van der Waals surface area contributed by atoms with Crippen molar-refractivity contribution in [1.29, 1.82) is 0 Å². The molecule has 0 aliphatic heterocycles. The summed E-state index contributed by atoms with van der Waals surface area (Å²) in [5.74, 6) is 0.343. The molecule has 0 amide bonds. The van der Waals surface area contributed by atoms with Gasteiger partial charge in [-0.15, -0.1) is 0 Å². The van der Waals surface area contributed by atoms with Gasteiger partial charge in [0.15, 0.2) is 0 Å². The van der Waals surface area contributed by atoms with Crippen molar-refractivity contribution in [3.8, 4) is 0 Å². The second kappa shape index (κ2) is 0.980. The molecule has 6 heavy (non-hydrogen) atoms. The number of nitrogens with two attached hydrogens (primary N) is 1. The lowest BCUT2D eigenvalue weighted by molar-refractivity contribution is 0.337. The van der Waals surface area contributed by atoms with E-state index in [1.807, 2.05) is 0 Å². The van der Waals surface area contributed by atoms with Gasteiger partial charge in [0.1, 0.15) is 5.76 Å². The van der Waals surface area contributed by atoms with Crippen LogP contribution in [-0.4, -0.2) is 11.1 Å². The van der Waals surface area contributed by atoms with Crippen LogP contribution in [0.15, 0.2) is 11.8 Å². The maximum Gasteiger partial charge on any atom is 0.105 e. The molecule has 1 aliphatic carbocycles. The maximum absolute atomic E-state index is 8.45. The van der Waals surface area contributed by atoms with Crippen LogP contribution < -0.4 is 5.73 Å². The Morgan fingerprint density at radius 3 is 2.50 bits per heavy atom. The molecule has 0 saturated heterocycles. The summed E-state index contributed by atoms with van der Waals surface area (Å²) in [6.07, 6.45) is 2.55. The largest absolute Gasteiger partial charge is 0.511 e. The van der Waals surface area contributed by atoms with Gasteiger partial charge in [-0.25, -0.2) is 0 Å². The first-order valence-electron chi connectivity index (χ1n) is 1.95. The van der Waals surface area contributed by atoms with Gasteiger partial charge in [-0.3, -0.25) is 0 Å². The normalized spacial score (nSPS) is 31.5. The number of aliphatic hydroxyl groups is 1. The van der Waals surface area contributed by atoms with Gasteiger partial charge in [0.2, 0.25) is 0 Å². The van der Waals surface area contributed by atoms with E-state index in [1.165, 1.54) is 0 Å². The summed E-state index contributed by atoms with van der Waals surface area (Å²) in [7, 11) is 0. The van der Waals surface area contributed by atoms with Gasteiger partial charge in [0.25, 0.3) is 0 Å². The van der Waals surface area contributed by atoms with E-state index in [0.29, 0.717) is 5.76 Å². The molecule has 0 bridgehead atoms. The number of hydrogen-bond donors (Lipinski definition) is 2. The summed E-state index contributed by atoms with van der Waals surface area (Å²) in [6, 6.07) is -0.0509. The summed E-state index contributed by atoms with van der Waals surface area (Å²) >= 11 is 0. The third-order valence-electron chi connectivity index (χ3n) is 0.961. The van der Waals surface area contributed by atoms with Crippen molar-refractivity contribution in [2.24, 2.45) is 5.73 Å². The van der Waals surface area contributed by atoms with E-state index in [9.17, 15) is 0 Å². The highest BCUT2D eigenvalue weighted by molar-refractivity contribution is 5.12. The Balaban J connectivity index is 2.51. The summed E-state index contributed by atoms with van der Waals surface area (Å²) in [5.41, 5.74) is 5.20. The second-order valence-electron chi connectivity index (χ2n) is 1.47. The van der Waals surface area contributed by atoms with Crippen molar-refractivity contribution >= 4 is 0 Å². The summed E-state index contributed by atoms with van der Waals surface area (Å²) in [5, 5.41) is 8.45. The van der Waals surface area contributed by atoms with Crippen LogP contribution in [0.4, 0.5) is 0 Å². The predicted octanol–water partition coefficient (Wildman–Crippen LogP) is 0.159. The molecular formula is C4H7NO. The standard InChI is InChI=1S/C4H7NO/c5-3-1-2-4(3)6/h2-3,6H,1,5H2/t3-/m1/s1. The molecule has 0 spiro atoms. The quantitative estimate of drug-likeness (QED) is 0.440. The molecule has 0 aromatic heterocycles. The molecule has 0 fully saturated rings. The van der Waals surface area contributed by atoms with Crippen LogP contribution in [0, 0.1) is 0 Å². The molecule has 1 atom stereocenters. The van der Waals surface area contributed by atoms with Gasteiger partial charge in [-0.05, 0) is 12.5 Å². The van der Waals surface area contributed by atoms with E-state index >= 15 is 0 Å². The number of hydrogen-bond acceptors (Lipinski definition) is 2. The van der Waals surface area contributed by atoms with E-state index < -0.39 is 0 Å². The number of rotatable bonds is 0. The molecule has 34 valence electrons. The zero-order chi connectivity index (χ0) is 4.57. The van der Waals surface area contributed by atoms with Crippen molar-refractivity contribution in [2.75, 3.05) is 0 Å². The maximum atomic E-state index is 8.45. The van der Waals surface area contributed by atoms with Gasteiger partial charge >= 0.3 is 0 Å². The number of aliphatic hydroxyl groups excluding tert-OH is 1. The highest BCUT2D eigenvalue weighted by atomic mass is 16.3. The van der Waals surface area contributed by atoms with E-state index in [2.05, 4.69) is 0 Å². The first-order chi connectivity index (χ1) is 2.80. The lowest BCUT2D eigenvalue weighted by atomic mass is 10.0. The molecule has 0 heterocycles. The smallest absolute Gasteiger partial charge is 0.105 e. The molecule has 3 N–H and O–H groups in total. The lowest BCUT2D eigenvalue weighted by Gasteiger charge is -2.15. The molecule has 2 heteroatoms. The van der Waals surface area contributed by atoms with Crippen molar-refractivity contribution in [1.82, 2.24) is 0 Å². The van der Waals surface area contributed by atoms with Crippen LogP contribution in [0.3, 0.4) is 0 Å². The van der Waals surface area contributed by atoms with Gasteiger partial charge in [-0.1, -0.05) is 0 Å². The van der Waals surface area contributed by atoms with Crippen LogP contribution in [0.5, 0.6) is 0 Å². The van der Waals surface area contributed by atoms with Crippen LogP contribution in [0.1, 0.15) is 6.42 Å². The summed E-state index contributed by atoms with van der Waals surface area (Å²) < 4.78 is 0. The average Bonchev–Trinajstić information content (AvgIpc) is 1.61. The zero-order valence-electron chi connectivity index (χ0n) is 3.39. The minimum absolute atomic E-state index is 0.0509. The third-order valence-corrected chi connectivity index (χ3v) is 0.961. The first kappa shape index (κ1) is 3.68. The van der Waals surface area contributed by atoms with Crippen molar-refractivity contribution in [3.05, 3.63) is 11.8 Å². The van der Waals surface area contributed by atoms with Crippen molar-refractivity contribution in [3.63, 3.8) is 0 Å². The van der Waals surface area contributed by atoms with Crippen LogP contribution >= 0.6 is 0 Å². The van der Waals surface area contributed by atoms with Gasteiger partial charge in [-0.2, -0.15) is 0 Å². The third kappa shape index (κ3) is 0.303. The zero-order valence-corrected chi connectivity index (χ0v) is 3.39. The van der Waals surface area contributed by atoms with Crippen molar-refractivity contribution < 1.29 is 5.11 Å². The van der Waals surface area contributed by atoms with Crippen LogP contribution in [-0.2, 0) is 0 Å². The molecule has 0 saturated carbocycles. The first-order valence-corrected chi connectivity index (χ1v) is 1.95. The minimum atomic E-state index is -0.0509. The SMILES string of the molecule is N[C@@H]1CC=C1O. The Kier molecular flexibility index (Phi) is 0.601. The molecule has 0 aromatic carbocycles. The van der Waals surface area contributed by atoms with E-state index in [-0.39, 0.29) is 6.04 Å². The minimum Gasteiger partial charge on any atom is -0.511 e. The van der Waals surface area contributed by atoms with Gasteiger partial charge < -0.3 is 10.8 Å². The van der Waals surface area contributed by atoms with Crippen LogP contribution in [0.2, 0.25) is 0 Å². The van der Waals surface area contributed by atoms with E-state index in [1.54, 1.807) is 6.08 Å².